The Kier molecular flexibility index (Phi) is 6.70. The topological polar surface area (TPSA) is 54.5 Å². The Balaban J connectivity index is 1.48. The number of fused-ring (bicyclic) bond motifs is 5. The van der Waals surface area contributed by atoms with Crippen molar-refractivity contribution in [2.75, 3.05) is 37.6 Å². The zero-order valence-electron chi connectivity index (χ0n) is 21.1. The molecule has 2 N–H and O–H groups in total. The number of aromatic nitrogens is 1. The van der Waals surface area contributed by atoms with Crippen molar-refractivity contribution >= 4 is 34.1 Å². The first-order valence-corrected chi connectivity index (χ1v) is 14.2. The minimum atomic E-state index is -0.361. The van der Waals surface area contributed by atoms with Crippen LogP contribution in [-0.2, 0) is 6.42 Å². The van der Waals surface area contributed by atoms with Crippen molar-refractivity contribution in [3.05, 3.63) is 52.5 Å². The molecule has 2 aliphatic heterocycles. The fraction of sp³-hybridized carbons (Fsp3) is 0.500. The first-order valence-electron chi connectivity index (χ1n) is 13.8. The molecule has 0 radical (unpaired) electrons. The van der Waals surface area contributed by atoms with Crippen LogP contribution in [0.2, 0.25) is 5.02 Å². The molecule has 36 heavy (non-hydrogen) atoms. The van der Waals surface area contributed by atoms with Gasteiger partial charge in [0.1, 0.15) is 0 Å². The van der Waals surface area contributed by atoms with Crippen molar-refractivity contribution in [3.8, 4) is 11.3 Å². The molecule has 3 aliphatic rings. The molecule has 2 fully saturated rings. The lowest BCUT2D eigenvalue weighted by Crippen LogP contribution is -2.38. The Hall–Kier alpha value is -2.50. The highest BCUT2D eigenvalue weighted by Crippen LogP contribution is 2.46. The molecular formula is C30H37ClN4O. The van der Waals surface area contributed by atoms with Gasteiger partial charge in [-0.15, -0.1) is 0 Å². The molecule has 0 spiro atoms. The summed E-state index contributed by atoms with van der Waals surface area (Å²) in [4.78, 5) is 17.3. The summed E-state index contributed by atoms with van der Waals surface area (Å²) in [5.41, 5.74) is 12.7. The van der Waals surface area contributed by atoms with E-state index < -0.39 is 0 Å². The lowest BCUT2D eigenvalue weighted by molar-refractivity contribution is 0.100. The second-order valence-corrected chi connectivity index (χ2v) is 11.3. The van der Waals surface area contributed by atoms with Crippen LogP contribution in [0.5, 0.6) is 0 Å². The van der Waals surface area contributed by atoms with Crippen molar-refractivity contribution < 1.29 is 4.79 Å². The molecule has 3 aromatic rings. The second kappa shape index (κ2) is 10.1. The van der Waals surface area contributed by atoms with E-state index in [1.807, 2.05) is 18.2 Å². The van der Waals surface area contributed by atoms with Gasteiger partial charge >= 0.3 is 0 Å². The Labute approximate surface area is 219 Å². The molecule has 190 valence electrons. The van der Waals surface area contributed by atoms with Crippen LogP contribution in [0.4, 0.5) is 5.69 Å². The van der Waals surface area contributed by atoms with E-state index in [0.29, 0.717) is 11.6 Å². The number of halogens is 1. The van der Waals surface area contributed by atoms with Gasteiger partial charge in [-0.25, -0.2) is 0 Å². The van der Waals surface area contributed by atoms with Gasteiger partial charge in [-0.05, 0) is 87.2 Å². The molecule has 2 aromatic carbocycles. The van der Waals surface area contributed by atoms with Gasteiger partial charge in [0, 0.05) is 58.4 Å². The predicted molar refractivity (Wildman–Crippen MR) is 149 cm³/mol. The summed E-state index contributed by atoms with van der Waals surface area (Å²) in [6.45, 7) is 5.46. The molecule has 0 atom stereocenters. The number of nitrogens with zero attached hydrogens (tertiary/aromatic N) is 3. The minimum Gasteiger partial charge on any atom is -0.369 e. The van der Waals surface area contributed by atoms with E-state index in [1.165, 1.54) is 97.9 Å². The number of carbonyl (C=O) groups excluding carboxylic acids is 1. The van der Waals surface area contributed by atoms with Crippen LogP contribution in [0.15, 0.2) is 36.4 Å². The molecule has 0 unspecified atom stereocenters. The van der Waals surface area contributed by atoms with Gasteiger partial charge in [-0.1, -0.05) is 37.3 Å². The molecule has 1 saturated carbocycles. The van der Waals surface area contributed by atoms with Crippen LogP contribution in [0.25, 0.3) is 22.2 Å². The Morgan fingerprint density at radius 1 is 0.917 bits per heavy atom. The minimum absolute atomic E-state index is 0.361. The fourth-order valence-corrected chi connectivity index (χ4v) is 6.98. The number of carbonyl (C=O) groups is 1. The summed E-state index contributed by atoms with van der Waals surface area (Å²) in [6, 6.07) is 13.0. The monoisotopic (exact) mass is 504 g/mol. The highest BCUT2D eigenvalue weighted by molar-refractivity contribution is 6.31. The maximum absolute atomic E-state index is 12.1. The number of anilines is 1. The molecule has 6 rings (SSSR count). The largest absolute Gasteiger partial charge is 0.369 e. The van der Waals surface area contributed by atoms with Gasteiger partial charge < -0.3 is 20.1 Å². The Bertz CT molecular complexity index is 1270. The van der Waals surface area contributed by atoms with E-state index in [4.69, 9.17) is 17.3 Å². The van der Waals surface area contributed by atoms with Crippen LogP contribution in [0.3, 0.4) is 0 Å². The molecule has 1 saturated heterocycles. The van der Waals surface area contributed by atoms with Gasteiger partial charge in [-0.2, -0.15) is 0 Å². The van der Waals surface area contributed by atoms with Crippen molar-refractivity contribution in [1.29, 1.82) is 0 Å². The first kappa shape index (κ1) is 23.9. The third-order valence-electron chi connectivity index (χ3n) is 8.65. The fourth-order valence-electron chi connectivity index (χ4n) is 6.81. The highest BCUT2D eigenvalue weighted by atomic mass is 35.5. The number of likely N-dealkylation sites (tertiary alicyclic amines) is 1. The SMILES string of the molecule is NC(=O)c1ccc2c(c1)c1c(n2C2CCCCC2)-c2ccc(Cl)cc2N(CCN2CCCCC2)CC1. The normalized spacial score (nSPS) is 19.2. The van der Waals surface area contributed by atoms with Crippen molar-refractivity contribution in [2.24, 2.45) is 5.73 Å². The Morgan fingerprint density at radius 2 is 1.69 bits per heavy atom. The lowest BCUT2D eigenvalue weighted by atomic mass is 9.94. The van der Waals surface area contributed by atoms with E-state index >= 15 is 0 Å². The average molecular weight is 505 g/mol. The third kappa shape index (κ3) is 4.41. The van der Waals surface area contributed by atoms with Crippen LogP contribution < -0.4 is 10.6 Å². The molecular weight excluding hydrogens is 468 g/mol. The highest BCUT2D eigenvalue weighted by Gasteiger charge is 2.30. The van der Waals surface area contributed by atoms with Crippen molar-refractivity contribution in [2.45, 2.75) is 63.8 Å². The molecule has 1 amide bonds. The molecule has 1 aromatic heterocycles. The predicted octanol–water partition coefficient (Wildman–Crippen LogP) is 6.41. The molecule has 3 heterocycles. The number of nitrogens with two attached hydrogens (primary N) is 1. The molecule has 0 bridgehead atoms. The van der Waals surface area contributed by atoms with Gasteiger partial charge in [0.15, 0.2) is 0 Å². The number of hydrogen-bond acceptors (Lipinski definition) is 3. The second-order valence-electron chi connectivity index (χ2n) is 10.9. The van der Waals surface area contributed by atoms with Crippen LogP contribution in [0, 0.1) is 0 Å². The quantitative estimate of drug-likeness (QED) is 0.436. The summed E-state index contributed by atoms with van der Waals surface area (Å²) in [5.74, 6) is -0.361. The first-order chi connectivity index (χ1) is 17.6. The molecule has 6 heteroatoms. The Morgan fingerprint density at radius 3 is 2.47 bits per heavy atom. The smallest absolute Gasteiger partial charge is 0.248 e. The maximum atomic E-state index is 12.1. The lowest BCUT2D eigenvalue weighted by Gasteiger charge is -2.32. The molecule has 1 aliphatic carbocycles. The van der Waals surface area contributed by atoms with Gasteiger partial charge in [0.05, 0.1) is 5.69 Å². The van der Waals surface area contributed by atoms with Crippen LogP contribution >= 0.6 is 11.6 Å². The van der Waals surface area contributed by atoms with Crippen LogP contribution in [-0.4, -0.2) is 48.1 Å². The summed E-state index contributed by atoms with van der Waals surface area (Å²) >= 11 is 6.60. The summed E-state index contributed by atoms with van der Waals surface area (Å²) in [5, 5.41) is 1.97. The zero-order valence-corrected chi connectivity index (χ0v) is 21.9. The number of primary amides is 1. The number of rotatable bonds is 5. The van der Waals surface area contributed by atoms with Gasteiger partial charge in [-0.3, -0.25) is 4.79 Å². The number of amides is 1. The molecule has 5 nitrogen and oxygen atoms in total. The summed E-state index contributed by atoms with van der Waals surface area (Å²) in [6.07, 6.45) is 11.2. The van der Waals surface area contributed by atoms with E-state index in [1.54, 1.807) is 0 Å². The van der Waals surface area contributed by atoms with E-state index in [9.17, 15) is 4.79 Å². The number of hydrogen-bond donors (Lipinski definition) is 1. The van der Waals surface area contributed by atoms with E-state index in [2.05, 4.69) is 32.6 Å². The van der Waals surface area contributed by atoms with E-state index in [0.717, 1.165) is 31.1 Å². The standard InChI is InChI=1S/C30H37ClN4O/c31-22-10-11-25-28(20-22)34(18-17-33-14-5-2-6-15-33)16-13-24-26-19-21(30(32)36)9-12-27(26)35(29(24)25)23-7-3-1-4-8-23/h9-12,19-20,23H,1-8,13-18H2,(H2,32,36). The van der Waals surface area contributed by atoms with Crippen LogP contribution in [0.1, 0.15) is 73.3 Å². The summed E-state index contributed by atoms with van der Waals surface area (Å²) in [7, 11) is 0. The summed E-state index contributed by atoms with van der Waals surface area (Å²) < 4.78 is 2.61. The average Bonchev–Trinajstić information content (AvgIpc) is 3.14. The van der Waals surface area contributed by atoms with Crippen molar-refractivity contribution in [3.63, 3.8) is 0 Å². The van der Waals surface area contributed by atoms with Crippen molar-refractivity contribution in [1.82, 2.24) is 9.47 Å². The maximum Gasteiger partial charge on any atom is 0.248 e. The number of benzene rings is 2. The van der Waals surface area contributed by atoms with E-state index in [-0.39, 0.29) is 5.91 Å². The third-order valence-corrected chi connectivity index (χ3v) is 8.89. The number of piperidine rings is 1. The van der Waals surface area contributed by atoms with Gasteiger partial charge in [0.25, 0.3) is 0 Å². The van der Waals surface area contributed by atoms with Gasteiger partial charge in [0.2, 0.25) is 5.91 Å². The zero-order chi connectivity index (χ0) is 24.6.